The van der Waals surface area contributed by atoms with Crippen LogP contribution in [0, 0.1) is 11.8 Å². The Balaban J connectivity index is 1.70. The van der Waals surface area contributed by atoms with E-state index in [2.05, 4.69) is 17.3 Å². The van der Waals surface area contributed by atoms with E-state index in [1.165, 1.54) is 0 Å². The van der Waals surface area contributed by atoms with Gasteiger partial charge in [0.15, 0.2) is 0 Å². The minimum absolute atomic E-state index is 0.0181. The number of piperidine rings is 1. The number of nitrogens with one attached hydrogen (secondary N) is 1. The molecule has 2 unspecified atom stereocenters. The van der Waals surface area contributed by atoms with Crippen LogP contribution < -0.4 is 5.32 Å². The van der Waals surface area contributed by atoms with Crippen LogP contribution in [0.1, 0.15) is 32.1 Å². The molecule has 0 aromatic carbocycles. The van der Waals surface area contributed by atoms with Crippen LogP contribution in [0.4, 0.5) is 4.79 Å². The fourth-order valence-corrected chi connectivity index (χ4v) is 3.35. The highest BCUT2D eigenvalue weighted by Gasteiger charge is 2.25. The largest absolute Gasteiger partial charge is 0.481 e. The molecule has 0 radical (unpaired) electrons. The number of carbonyl (C=O) groups excluding carboxylic acids is 1. The Hall–Kier alpha value is -1.30. The molecule has 2 amide bonds. The molecule has 0 aromatic rings. The summed E-state index contributed by atoms with van der Waals surface area (Å²) < 4.78 is 0. The lowest BCUT2D eigenvalue weighted by atomic mass is 9.93. The molecule has 2 heterocycles. The first-order valence-electron chi connectivity index (χ1n) is 7.97. The predicted octanol–water partition coefficient (Wildman–Crippen LogP) is 1.22. The molecule has 120 valence electrons. The summed E-state index contributed by atoms with van der Waals surface area (Å²) in [4.78, 5) is 27.0. The summed E-state index contributed by atoms with van der Waals surface area (Å²) in [6.45, 7) is 4.41. The Labute approximate surface area is 126 Å². The number of amides is 2. The third-order valence-corrected chi connectivity index (χ3v) is 4.60. The molecule has 2 fully saturated rings. The second-order valence-corrected chi connectivity index (χ2v) is 6.49. The van der Waals surface area contributed by atoms with Crippen LogP contribution in [0.5, 0.6) is 0 Å². The Kier molecular flexibility index (Phi) is 5.85. The van der Waals surface area contributed by atoms with Crippen molar-refractivity contribution in [3.05, 3.63) is 0 Å². The SMILES string of the molecule is CN1CCC(CNC(=O)N2CCCC(CCC(=O)O)C2)C1. The number of carbonyl (C=O) groups is 2. The summed E-state index contributed by atoms with van der Waals surface area (Å²) in [7, 11) is 2.11. The van der Waals surface area contributed by atoms with Gasteiger partial charge in [-0.3, -0.25) is 4.79 Å². The standard InChI is InChI=1S/C15H27N3O3/c1-17-8-6-13(10-17)9-16-15(21)18-7-2-3-12(11-18)4-5-14(19)20/h12-13H,2-11H2,1H3,(H,16,21)(H,19,20). The number of likely N-dealkylation sites (tertiary alicyclic amines) is 2. The zero-order chi connectivity index (χ0) is 15.2. The lowest BCUT2D eigenvalue weighted by Crippen LogP contribution is -2.46. The zero-order valence-electron chi connectivity index (χ0n) is 12.9. The van der Waals surface area contributed by atoms with Crippen molar-refractivity contribution < 1.29 is 14.7 Å². The Morgan fingerprint density at radius 3 is 2.67 bits per heavy atom. The highest BCUT2D eigenvalue weighted by atomic mass is 16.4. The third kappa shape index (κ3) is 5.19. The molecule has 2 aliphatic rings. The Morgan fingerprint density at radius 1 is 1.19 bits per heavy atom. The molecule has 0 aromatic heterocycles. The van der Waals surface area contributed by atoms with E-state index in [1.54, 1.807) is 0 Å². The van der Waals surface area contributed by atoms with E-state index in [-0.39, 0.29) is 12.5 Å². The van der Waals surface area contributed by atoms with Crippen molar-refractivity contribution in [1.82, 2.24) is 15.1 Å². The molecule has 0 spiro atoms. The second-order valence-electron chi connectivity index (χ2n) is 6.49. The van der Waals surface area contributed by atoms with Gasteiger partial charge in [0.05, 0.1) is 0 Å². The minimum Gasteiger partial charge on any atom is -0.481 e. The lowest BCUT2D eigenvalue weighted by Gasteiger charge is -2.33. The van der Waals surface area contributed by atoms with Gasteiger partial charge in [0.1, 0.15) is 0 Å². The predicted molar refractivity (Wildman–Crippen MR) is 80.2 cm³/mol. The zero-order valence-corrected chi connectivity index (χ0v) is 12.9. The smallest absolute Gasteiger partial charge is 0.317 e. The molecule has 0 bridgehead atoms. The van der Waals surface area contributed by atoms with E-state index >= 15 is 0 Å². The third-order valence-electron chi connectivity index (χ3n) is 4.60. The summed E-state index contributed by atoms with van der Waals surface area (Å²) in [6.07, 6.45) is 4.04. The van der Waals surface area contributed by atoms with E-state index in [9.17, 15) is 9.59 Å². The van der Waals surface area contributed by atoms with Crippen LogP contribution in [-0.2, 0) is 4.79 Å². The molecule has 21 heavy (non-hydrogen) atoms. The molecule has 6 heteroatoms. The molecule has 6 nitrogen and oxygen atoms in total. The van der Waals surface area contributed by atoms with Gasteiger partial charge >= 0.3 is 12.0 Å². The van der Waals surface area contributed by atoms with Crippen LogP contribution in [0.25, 0.3) is 0 Å². The topological polar surface area (TPSA) is 72.9 Å². The summed E-state index contributed by atoms with van der Waals surface area (Å²) in [6, 6.07) is 0.0181. The normalized spacial score (nSPS) is 26.8. The second kappa shape index (κ2) is 7.64. The summed E-state index contributed by atoms with van der Waals surface area (Å²) in [5.74, 6) is 0.145. The molecular weight excluding hydrogens is 270 g/mol. The lowest BCUT2D eigenvalue weighted by molar-refractivity contribution is -0.137. The maximum Gasteiger partial charge on any atom is 0.317 e. The number of hydrogen-bond acceptors (Lipinski definition) is 3. The molecule has 2 atom stereocenters. The average Bonchev–Trinajstić information content (AvgIpc) is 2.88. The number of aliphatic carboxylic acids is 1. The number of carboxylic acids is 1. The van der Waals surface area contributed by atoms with Crippen molar-refractivity contribution >= 4 is 12.0 Å². The first kappa shape index (κ1) is 16.1. The van der Waals surface area contributed by atoms with Crippen LogP contribution in [0.3, 0.4) is 0 Å². The van der Waals surface area contributed by atoms with Crippen molar-refractivity contribution in [2.75, 3.05) is 39.8 Å². The Bertz CT molecular complexity index is 375. The molecule has 2 aliphatic heterocycles. The molecule has 2 saturated heterocycles. The van der Waals surface area contributed by atoms with Gasteiger partial charge in [-0.1, -0.05) is 0 Å². The van der Waals surface area contributed by atoms with Gasteiger partial charge in [-0.2, -0.15) is 0 Å². The van der Waals surface area contributed by atoms with Crippen molar-refractivity contribution in [2.45, 2.75) is 32.1 Å². The van der Waals surface area contributed by atoms with Crippen molar-refractivity contribution in [3.63, 3.8) is 0 Å². The highest BCUT2D eigenvalue weighted by Crippen LogP contribution is 2.21. The highest BCUT2D eigenvalue weighted by molar-refractivity contribution is 5.74. The summed E-state index contributed by atoms with van der Waals surface area (Å²) >= 11 is 0. The fraction of sp³-hybridized carbons (Fsp3) is 0.867. The number of rotatable bonds is 5. The summed E-state index contributed by atoms with van der Waals surface area (Å²) in [5.41, 5.74) is 0. The fourth-order valence-electron chi connectivity index (χ4n) is 3.35. The quantitative estimate of drug-likeness (QED) is 0.800. The molecule has 0 saturated carbocycles. The number of urea groups is 1. The van der Waals surface area contributed by atoms with Crippen LogP contribution in [-0.4, -0.2) is 66.7 Å². The van der Waals surface area contributed by atoms with Gasteiger partial charge in [0.2, 0.25) is 0 Å². The molecule has 2 N–H and O–H groups in total. The summed E-state index contributed by atoms with van der Waals surface area (Å²) in [5, 5.41) is 11.8. The van der Waals surface area contributed by atoms with Crippen LogP contribution in [0.2, 0.25) is 0 Å². The monoisotopic (exact) mass is 297 g/mol. The van der Waals surface area contributed by atoms with Gasteiger partial charge in [-0.15, -0.1) is 0 Å². The number of hydrogen-bond donors (Lipinski definition) is 2. The Morgan fingerprint density at radius 2 is 2.00 bits per heavy atom. The van der Waals surface area contributed by atoms with E-state index in [1.807, 2.05) is 4.90 Å². The van der Waals surface area contributed by atoms with E-state index in [0.717, 1.165) is 45.4 Å². The van der Waals surface area contributed by atoms with Gasteiger partial charge in [0.25, 0.3) is 0 Å². The van der Waals surface area contributed by atoms with Crippen molar-refractivity contribution in [2.24, 2.45) is 11.8 Å². The maximum atomic E-state index is 12.2. The molecule has 2 rings (SSSR count). The molecule has 0 aliphatic carbocycles. The van der Waals surface area contributed by atoms with Gasteiger partial charge in [-0.05, 0) is 51.1 Å². The van der Waals surface area contributed by atoms with Gasteiger partial charge in [-0.25, -0.2) is 4.79 Å². The number of nitrogens with zero attached hydrogens (tertiary/aromatic N) is 2. The van der Waals surface area contributed by atoms with E-state index in [0.29, 0.717) is 24.8 Å². The van der Waals surface area contributed by atoms with Crippen LogP contribution in [0.15, 0.2) is 0 Å². The first-order valence-corrected chi connectivity index (χ1v) is 7.97. The minimum atomic E-state index is -0.748. The molecular formula is C15H27N3O3. The average molecular weight is 297 g/mol. The van der Waals surface area contributed by atoms with Gasteiger partial charge < -0.3 is 20.2 Å². The number of carboxylic acid groups (broad SMARTS) is 1. The van der Waals surface area contributed by atoms with Crippen molar-refractivity contribution in [3.8, 4) is 0 Å². The van der Waals surface area contributed by atoms with E-state index in [4.69, 9.17) is 5.11 Å². The van der Waals surface area contributed by atoms with Gasteiger partial charge in [0, 0.05) is 32.6 Å². The maximum absolute atomic E-state index is 12.2. The van der Waals surface area contributed by atoms with Crippen LogP contribution >= 0.6 is 0 Å². The van der Waals surface area contributed by atoms with E-state index < -0.39 is 5.97 Å². The van der Waals surface area contributed by atoms with Crippen molar-refractivity contribution in [1.29, 1.82) is 0 Å². The first-order chi connectivity index (χ1) is 10.0.